The molecular weight excluding hydrogens is 284 g/mol. The summed E-state index contributed by atoms with van der Waals surface area (Å²) >= 11 is 0. The maximum Gasteiger partial charge on any atom is 0.269 e. The summed E-state index contributed by atoms with van der Waals surface area (Å²) in [6, 6.07) is 0. The molecule has 0 fully saturated rings. The van der Waals surface area contributed by atoms with Crippen LogP contribution in [0.25, 0.3) is 0 Å². The summed E-state index contributed by atoms with van der Waals surface area (Å²) in [6.45, 7) is 20.9. The number of hydrogen-bond donors (Lipinski definition) is 0. The molecule has 0 bridgehead atoms. The highest BCUT2D eigenvalue weighted by atomic mass is 28.4. The largest absolute Gasteiger partial charge is 0.544 e. The first-order valence-electron chi connectivity index (χ1n) is 7.17. The predicted molar refractivity (Wildman–Crippen MR) is 91.5 cm³/mol. The summed E-state index contributed by atoms with van der Waals surface area (Å²) in [7, 11) is -3.36. The lowest BCUT2D eigenvalue weighted by molar-refractivity contribution is -0.00878. The van der Waals surface area contributed by atoms with E-state index in [2.05, 4.69) is 39.3 Å². The third kappa shape index (κ3) is 11.2. The first kappa shape index (κ1) is 19.3. The zero-order valence-corrected chi connectivity index (χ0v) is 16.9. The van der Waals surface area contributed by atoms with Crippen LogP contribution in [0, 0.1) is 0 Å². The maximum atomic E-state index is 6.03. The molecule has 0 saturated heterocycles. The fourth-order valence-corrected chi connectivity index (χ4v) is 2.91. The van der Waals surface area contributed by atoms with Gasteiger partial charge in [-0.3, -0.25) is 0 Å². The Bertz CT molecular complexity index is 348. The van der Waals surface area contributed by atoms with Gasteiger partial charge >= 0.3 is 0 Å². The van der Waals surface area contributed by atoms with Crippen LogP contribution in [0.3, 0.4) is 0 Å². The second-order valence-corrected chi connectivity index (χ2v) is 16.7. The Morgan fingerprint density at radius 1 is 0.850 bits per heavy atom. The van der Waals surface area contributed by atoms with E-state index >= 15 is 0 Å². The Balaban J connectivity index is 5.23. The van der Waals surface area contributed by atoms with Gasteiger partial charge in [0.1, 0.15) is 11.4 Å². The lowest BCUT2D eigenvalue weighted by atomic mass is 10.2. The van der Waals surface area contributed by atoms with Crippen molar-refractivity contribution >= 4 is 16.6 Å². The van der Waals surface area contributed by atoms with Crippen molar-refractivity contribution in [2.24, 2.45) is 0 Å². The van der Waals surface area contributed by atoms with Crippen LogP contribution >= 0.6 is 0 Å². The van der Waals surface area contributed by atoms with E-state index in [0.717, 1.165) is 5.76 Å². The van der Waals surface area contributed by atoms with Crippen LogP contribution in [0.15, 0.2) is 23.9 Å². The van der Waals surface area contributed by atoms with Crippen LogP contribution in [0.1, 0.15) is 27.7 Å². The molecule has 0 aromatic rings. The third-order valence-electron chi connectivity index (χ3n) is 1.78. The fraction of sp³-hybridized carbons (Fsp3) is 0.733. The molecule has 0 radical (unpaired) electrons. The average molecular weight is 317 g/mol. The van der Waals surface area contributed by atoms with Crippen molar-refractivity contribution in [3.63, 3.8) is 0 Å². The minimum absolute atomic E-state index is 0.288. The Labute approximate surface area is 127 Å². The Kier molecular flexibility index (Phi) is 6.61. The standard InChI is InChI=1S/C15H32O3Si2/c1-11-13(17-19(5,6)7)12-14(16-15(2,3)4)18-20(8,9)10/h11-12H,1-10H3/b13-11+,14-12+. The lowest BCUT2D eigenvalue weighted by Crippen LogP contribution is -2.30. The molecule has 0 aromatic carbocycles. The molecule has 20 heavy (non-hydrogen) atoms. The first-order chi connectivity index (χ1) is 8.72. The van der Waals surface area contributed by atoms with Gasteiger partial charge in [0.05, 0.1) is 6.08 Å². The van der Waals surface area contributed by atoms with Crippen LogP contribution in [0.4, 0.5) is 0 Å². The second kappa shape index (κ2) is 6.85. The SMILES string of the molecule is C/C=C(\C=C(/OC(C)(C)C)O[Si](C)(C)C)O[Si](C)(C)C. The number of rotatable bonds is 6. The minimum Gasteiger partial charge on any atom is -0.544 e. The molecule has 0 heterocycles. The molecule has 0 aromatic heterocycles. The topological polar surface area (TPSA) is 27.7 Å². The van der Waals surface area contributed by atoms with Crippen molar-refractivity contribution in [1.82, 2.24) is 0 Å². The summed E-state index contributed by atoms with van der Waals surface area (Å²) in [5.74, 6) is 1.38. The summed E-state index contributed by atoms with van der Waals surface area (Å²) in [5.41, 5.74) is -0.288. The fourth-order valence-electron chi connectivity index (χ4n) is 1.32. The molecule has 5 heteroatoms. The van der Waals surface area contributed by atoms with Crippen molar-refractivity contribution in [3.05, 3.63) is 23.9 Å². The molecule has 0 unspecified atom stereocenters. The van der Waals surface area contributed by atoms with Gasteiger partial charge in [0.2, 0.25) is 16.6 Å². The lowest BCUT2D eigenvalue weighted by Gasteiger charge is -2.29. The number of allylic oxidation sites excluding steroid dienone is 2. The zero-order valence-electron chi connectivity index (χ0n) is 14.9. The normalized spacial score (nSPS) is 15.1. The van der Waals surface area contributed by atoms with E-state index in [1.807, 2.05) is 39.8 Å². The van der Waals surface area contributed by atoms with Gasteiger partial charge in [0.15, 0.2) is 0 Å². The number of hydrogen-bond acceptors (Lipinski definition) is 3. The smallest absolute Gasteiger partial charge is 0.269 e. The van der Waals surface area contributed by atoms with Crippen LogP contribution in [0.5, 0.6) is 0 Å². The molecule has 0 aliphatic carbocycles. The summed E-state index contributed by atoms with van der Waals surface area (Å²) in [6.07, 6.45) is 3.83. The van der Waals surface area contributed by atoms with Gasteiger partial charge in [-0.25, -0.2) is 0 Å². The van der Waals surface area contributed by atoms with Crippen molar-refractivity contribution in [2.45, 2.75) is 72.6 Å². The monoisotopic (exact) mass is 316 g/mol. The van der Waals surface area contributed by atoms with Gasteiger partial charge in [0, 0.05) is 0 Å². The van der Waals surface area contributed by atoms with Crippen LogP contribution in [-0.2, 0) is 13.6 Å². The molecule has 0 atom stereocenters. The Morgan fingerprint density at radius 3 is 1.60 bits per heavy atom. The van der Waals surface area contributed by atoms with Gasteiger partial charge in [-0.1, -0.05) is 0 Å². The van der Waals surface area contributed by atoms with Gasteiger partial charge in [-0.2, -0.15) is 0 Å². The molecule has 118 valence electrons. The zero-order chi connectivity index (χ0) is 16.2. The number of ether oxygens (including phenoxy) is 1. The van der Waals surface area contributed by atoms with Crippen LogP contribution < -0.4 is 0 Å². The van der Waals surface area contributed by atoms with Gasteiger partial charge in [-0.05, 0) is 73.1 Å². The van der Waals surface area contributed by atoms with E-state index in [-0.39, 0.29) is 5.60 Å². The van der Waals surface area contributed by atoms with Crippen molar-refractivity contribution in [1.29, 1.82) is 0 Å². The van der Waals surface area contributed by atoms with Gasteiger partial charge < -0.3 is 13.6 Å². The van der Waals surface area contributed by atoms with E-state index in [1.54, 1.807) is 0 Å². The molecule has 0 spiro atoms. The third-order valence-corrected chi connectivity index (χ3v) is 3.44. The van der Waals surface area contributed by atoms with E-state index in [1.165, 1.54) is 0 Å². The molecule has 0 N–H and O–H groups in total. The molecule has 0 amide bonds. The Morgan fingerprint density at radius 2 is 1.30 bits per heavy atom. The van der Waals surface area contributed by atoms with Crippen LogP contribution in [0.2, 0.25) is 39.3 Å². The highest BCUT2D eigenvalue weighted by Crippen LogP contribution is 2.22. The van der Waals surface area contributed by atoms with Gasteiger partial charge in [0.25, 0.3) is 5.95 Å². The quantitative estimate of drug-likeness (QED) is 0.380. The minimum atomic E-state index is -1.72. The molecule has 0 rings (SSSR count). The molecule has 0 aliphatic rings. The molecule has 0 saturated carbocycles. The molecule has 3 nitrogen and oxygen atoms in total. The summed E-state index contributed by atoms with van der Waals surface area (Å²) in [4.78, 5) is 0. The van der Waals surface area contributed by atoms with E-state index in [4.69, 9.17) is 13.6 Å². The second-order valence-electron chi connectivity index (χ2n) is 7.80. The van der Waals surface area contributed by atoms with Crippen molar-refractivity contribution < 1.29 is 13.6 Å². The Hall–Kier alpha value is -0.686. The van der Waals surface area contributed by atoms with E-state index in [0.29, 0.717) is 5.95 Å². The summed E-state index contributed by atoms with van der Waals surface area (Å²) in [5, 5.41) is 0. The van der Waals surface area contributed by atoms with Gasteiger partial charge in [-0.15, -0.1) is 0 Å². The first-order valence-corrected chi connectivity index (χ1v) is 14.0. The molecule has 0 aliphatic heterocycles. The van der Waals surface area contributed by atoms with Crippen LogP contribution in [-0.4, -0.2) is 22.2 Å². The van der Waals surface area contributed by atoms with E-state index < -0.39 is 16.6 Å². The average Bonchev–Trinajstić information content (AvgIpc) is 2.08. The predicted octanol–water partition coefficient (Wildman–Crippen LogP) is 5.25. The molecular formula is C15H32O3Si2. The van der Waals surface area contributed by atoms with Crippen molar-refractivity contribution in [2.75, 3.05) is 0 Å². The maximum absolute atomic E-state index is 6.03. The van der Waals surface area contributed by atoms with Crippen molar-refractivity contribution in [3.8, 4) is 0 Å². The summed E-state index contributed by atoms with van der Waals surface area (Å²) < 4.78 is 18.0. The highest BCUT2D eigenvalue weighted by Gasteiger charge is 2.24. The highest BCUT2D eigenvalue weighted by molar-refractivity contribution is 6.70. The van der Waals surface area contributed by atoms with E-state index in [9.17, 15) is 0 Å².